The van der Waals surface area contributed by atoms with Crippen LogP contribution in [0.4, 0.5) is 10.1 Å². The number of hydrogen-bond donors (Lipinski definition) is 1. The summed E-state index contributed by atoms with van der Waals surface area (Å²) in [6, 6.07) is 19.1. The van der Waals surface area contributed by atoms with Gasteiger partial charge in [-0.1, -0.05) is 36.8 Å². The number of carbonyl (C=O) groups excluding carboxylic acids is 2. The molecule has 0 bridgehead atoms. The van der Waals surface area contributed by atoms with E-state index in [0.717, 1.165) is 33.4 Å². The number of fused-ring (bicyclic) bond motifs is 1. The molecule has 0 radical (unpaired) electrons. The zero-order valence-corrected chi connectivity index (χ0v) is 22.4. The molecule has 7 nitrogen and oxygen atoms in total. The van der Waals surface area contributed by atoms with Crippen LogP contribution in [0.3, 0.4) is 0 Å². The van der Waals surface area contributed by atoms with Crippen molar-refractivity contribution in [2.24, 2.45) is 5.92 Å². The highest BCUT2D eigenvalue weighted by Crippen LogP contribution is 2.41. The van der Waals surface area contributed by atoms with Crippen LogP contribution < -0.4 is 10.2 Å². The summed E-state index contributed by atoms with van der Waals surface area (Å²) in [5.41, 5.74) is 6.63. The number of halogens is 1. The maximum absolute atomic E-state index is 13.8. The molecular weight excluding hydrogens is 513 g/mol. The molecule has 1 N–H and O–H groups in total. The minimum absolute atomic E-state index is 0.0712. The van der Waals surface area contributed by atoms with Crippen molar-refractivity contribution < 1.29 is 14.0 Å². The Morgan fingerprint density at radius 2 is 1.79 bits per heavy atom. The molecule has 1 fully saturated rings. The van der Waals surface area contributed by atoms with Crippen LogP contribution in [0.15, 0.2) is 78.4 Å². The van der Waals surface area contributed by atoms with Gasteiger partial charge < -0.3 is 10.2 Å². The lowest BCUT2D eigenvalue weighted by Gasteiger charge is -2.29. The van der Waals surface area contributed by atoms with Crippen LogP contribution in [0, 0.1) is 25.6 Å². The van der Waals surface area contributed by atoms with Crippen molar-refractivity contribution in [3.8, 4) is 5.69 Å². The maximum atomic E-state index is 13.8. The summed E-state index contributed by atoms with van der Waals surface area (Å²) in [6.07, 6.45) is 1.74. The number of rotatable bonds is 5. The van der Waals surface area contributed by atoms with Gasteiger partial charge in [0, 0.05) is 11.1 Å². The van der Waals surface area contributed by atoms with Crippen molar-refractivity contribution in [1.29, 1.82) is 0 Å². The van der Waals surface area contributed by atoms with Gasteiger partial charge >= 0.3 is 0 Å². The highest BCUT2D eigenvalue weighted by molar-refractivity contribution is 7.11. The number of nitrogens with one attached hydrogen (secondary N) is 1. The van der Waals surface area contributed by atoms with Crippen LogP contribution in [0.5, 0.6) is 0 Å². The van der Waals surface area contributed by atoms with Gasteiger partial charge in [-0.3, -0.25) is 9.59 Å². The Hall–Kier alpha value is -4.37. The topological polar surface area (TPSA) is 80.1 Å². The molecule has 3 atom stereocenters. The quantitative estimate of drug-likeness (QED) is 0.308. The fourth-order valence-corrected chi connectivity index (χ4v) is 6.05. The second-order valence-electron chi connectivity index (χ2n) is 9.90. The third-order valence-electron chi connectivity index (χ3n) is 7.32. The van der Waals surface area contributed by atoms with E-state index in [1.54, 1.807) is 40.3 Å². The van der Waals surface area contributed by atoms with Gasteiger partial charge in [0.2, 0.25) is 5.91 Å². The predicted octanol–water partition coefficient (Wildman–Crippen LogP) is 5.76. The van der Waals surface area contributed by atoms with E-state index >= 15 is 0 Å². The molecule has 0 saturated carbocycles. The van der Waals surface area contributed by atoms with Gasteiger partial charge in [0.1, 0.15) is 10.7 Å². The van der Waals surface area contributed by atoms with Crippen LogP contribution >= 0.6 is 11.3 Å². The van der Waals surface area contributed by atoms with E-state index < -0.39 is 18.0 Å². The van der Waals surface area contributed by atoms with E-state index in [2.05, 4.69) is 21.5 Å². The molecule has 0 spiro atoms. The number of thiazole rings is 1. The van der Waals surface area contributed by atoms with Gasteiger partial charge in [0.15, 0.2) is 0 Å². The summed E-state index contributed by atoms with van der Waals surface area (Å²) >= 11 is 1.29. The van der Waals surface area contributed by atoms with Crippen molar-refractivity contribution in [2.75, 3.05) is 4.90 Å². The fraction of sp³-hybridized carbons (Fsp3) is 0.200. The lowest BCUT2D eigenvalue weighted by Crippen LogP contribution is -2.42. The summed E-state index contributed by atoms with van der Waals surface area (Å²) in [6.45, 7) is 5.68. The summed E-state index contributed by atoms with van der Waals surface area (Å²) in [7, 11) is 0. The van der Waals surface area contributed by atoms with Crippen molar-refractivity contribution >= 4 is 39.7 Å². The zero-order chi connectivity index (χ0) is 27.3. The normalized spacial score (nSPS) is 19.1. The number of benzene rings is 3. The maximum Gasteiger partial charge on any atom is 0.263 e. The molecule has 6 rings (SSSR count). The minimum atomic E-state index is -0.453. The number of nitrogens with zero attached hydrogens (tertiary/aromatic N) is 4. The predicted molar refractivity (Wildman–Crippen MR) is 150 cm³/mol. The summed E-state index contributed by atoms with van der Waals surface area (Å²) < 4.78 is 15.2. The highest BCUT2D eigenvalue weighted by Gasteiger charge is 2.48. The molecule has 196 valence electrons. The second-order valence-corrected chi connectivity index (χ2v) is 10.8. The van der Waals surface area contributed by atoms with Crippen LogP contribution in [0.2, 0.25) is 0 Å². The van der Waals surface area contributed by atoms with Gasteiger partial charge in [-0.05, 0) is 61.9 Å². The highest BCUT2D eigenvalue weighted by atomic mass is 32.1. The third kappa shape index (κ3) is 4.38. The first kappa shape index (κ1) is 24.9. The molecule has 0 aliphatic carbocycles. The standard InChI is InChI=1S/C30H26FN5O2S/c1-17-5-4-6-20(13-17)27-26(34-29(37)28-19(3)32-16-39-28)18(2)30(38)35(27)24-11-12-25-21(14-24)15-33-36(25)23-9-7-22(31)8-10-23/h4-16,18,26-27H,1-3H3,(H,34,37)/t18-,26+,27?/m1/s1. The molecule has 39 heavy (non-hydrogen) atoms. The summed E-state index contributed by atoms with van der Waals surface area (Å²) in [4.78, 5) is 33.6. The Balaban J connectivity index is 1.41. The van der Waals surface area contributed by atoms with Gasteiger partial charge in [0.25, 0.3) is 5.91 Å². The lowest BCUT2D eigenvalue weighted by atomic mass is 9.93. The minimum Gasteiger partial charge on any atom is -0.345 e. The number of hydrogen-bond acceptors (Lipinski definition) is 5. The molecule has 1 unspecified atom stereocenters. The number of carbonyl (C=O) groups is 2. The van der Waals surface area contributed by atoms with Crippen molar-refractivity contribution in [3.63, 3.8) is 0 Å². The van der Waals surface area contributed by atoms with E-state index in [1.165, 1.54) is 23.5 Å². The lowest BCUT2D eigenvalue weighted by molar-refractivity contribution is -0.120. The largest absolute Gasteiger partial charge is 0.345 e. The van der Waals surface area contributed by atoms with E-state index in [-0.39, 0.29) is 17.6 Å². The molecule has 9 heteroatoms. The SMILES string of the molecule is Cc1cccc(C2[C@@H](NC(=O)c3scnc3C)[C@@H](C)C(=O)N2c2ccc3c(cnn3-c3ccc(F)cc3)c2)c1. The van der Waals surface area contributed by atoms with Gasteiger partial charge in [-0.25, -0.2) is 14.1 Å². The summed E-state index contributed by atoms with van der Waals surface area (Å²) in [5, 5.41) is 8.51. The van der Waals surface area contributed by atoms with Crippen LogP contribution in [0.25, 0.3) is 16.6 Å². The molecule has 3 heterocycles. The van der Waals surface area contributed by atoms with Crippen molar-refractivity contribution in [2.45, 2.75) is 32.9 Å². The molecular formula is C30H26FN5O2S. The third-order valence-corrected chi connectivity index (χ3v) is 8.25. The molecule has 2 amide bonds. The molecule has 1 aliphatic rings. The van der Waals surface area contributed by atoms with Gasteiger partial charge in [-0.2, -0.15) is 5.10 Å². The van der Waals surface area contributed by atoms with E-state index in [1.807, 2.05) is 50.2 Å². The molecule has 2 aromatic heterocycles. The second kappa shape index (κ2) is 9.74. The molecule has 3 aromatic carbocycles. The molecule has 1 aliphatic heterocycles. The first-order valence-electron chi connectivity index (χ1n) is 12.7. The first-order chi connectivity index (χ1) is 18.8. The zero-order valence-electron chi connectivity index (χ0n) is 21.6. The Bertz CT molecular complexity index is 1710. The van der Waals surface area contributed by atoms with Gasteiger partial charge in [-0.15, -0.1) is 11.3 Å². The Labute approximate surface area is 228 Å². The van der Waals surface area contributed by atoms with Crippen molar-refractivity contribution in [1.82, 2.24) is 20.1 Å². The van der Waals surface area contributed by atoms with Crippen LogP contribution in [0.1, 0.15) is 39.5 Å². The Morgan fingerprint density at radius 1 is 1.03 bits per heavy atom. The average molecular weight is 540 g/mol. The smallest absolute Gasteiger partial charge is 0.263 e. The number of aryl methyl sites for hydroxylation is 2. The van der Waals surface area contributed by atoms with E-state index in [9.17, 15) is 14.0 Å². The Kier molecular flexibility index (Phi) is 6.23. The van der Waals surface area contributed by atoms with Crippen molar-refractivity contribution in [3.05, 3.63) is 106 Å². The van der Waals surface area contributed by atoms with Gasteiger partial charge in [0.05, 0.1) is 46.6 Å². The molecule has 1 saturated heterocycles. The van der Waals surface area contributed by atoms with Crippen LogP contribution in [-0.4, -0.2) is 32.6 Å². The first-order valence-corrected chi connectivity index (χ1v) is 13.5. The number of amides is 2. The van der Waals surface area contributed by atoms with Crippen LogP contribution in [-0.2, 0) is 4.79 Å². The number of anilines is 1. The molecule has 5 aromatic rings. The average Bonchev–Trinajstić information content (AvgIpc) is 3.61. The number of aromatic nitrogens is 3. The summed E-state index contributed by atoms with van der Waals surface area (Å²) in [5.74, 6) is -1.06. The van der Waals surface area contributed by atoms with E-state index in [0.29, 0.717) is 10.6 Å². The van der Waals surface area contributed by atoms with E-state index in [4.69, 9.17) is 0 Å². The monoisotopic (exact) mass is 539 g/mol. The Morgan fingerprint density at radius 3 is 2.51 bits per heavy atom. The fourth-order valence-electron chi connectivity index (χ4n) is 5.34.